The van der Waals surface area contributed by atoms with Gasteiger partial charge >= 0.3 is 0 Å². The second-order valence-electron chi connectivity index (χ2n) is 6.89. The molecule has 0 bridgehead atoms. The van der Waals surface area contributed by atoms with Gasteiger partial charge in [-0.15, -0.1) is 23.7 Å². The van der Waals surface area contributed by atoms with Crippen molar-refractivity contribution >= 4 is 64.0 Å². The first-order valence-electron chi connectivity index (χ1n) is 9.45. The van der Waals surface area contributed by atoms with Crippen molar-refractivity contribution in [3.8, 4) is 0 Å². The number of nitrogens with one attached hydrogen (secondary N) is 1. The van der Waals surface area contributed by atoms with Gasteiger partial charge in [-0.1, -0.05) is 35.5 Å². The van der Waals surface area contributed by atoms with Gasteiger partial charge < -0.3 is 10.2 Å². The summed E-state index contributed by atoms with van der Waals surface area (Å²) < 4.78 is 0. The molecule has 1 fully saturated rings. The third-order valence-electron chi connectivity index (χ3n) is 4.91. The normalized spacial score (nSPS) is 14.3. The third-order valence-corrected chi connectivity index (χ3v) is 7.19. The van der Waals surface area contributed by atoms with Gasteiger partial charge in [-0.2, -0.15) is 0 Å². The Labute approximate surface area is 195 Å². The Kier molecular flexibility index (Phi) is 7.99. The summed E-state index contributed by atoms with van der Waals surface area (Å²) in [6.07, 6.45) is 3.71. The number of amides is 1. The van der Waals surface area contributed by atoms with Gasteiger partial charge in [-0.3, -0.25) is 4.79 Å². The molecule has 0 radical (unpaired) electrons. The highest BCUT2D eigenvalue weighted by Gasteiger charge is 2.23. The average molecular weight is 481 g/mol. The van der Waals surface area contributed by atoms with Crippen LogP contribution in [0.15, 0.2) is 57.8 Å². The second-order valence-corrected chi connectivity index (χ2v) is 9.27. The highest BCUT2D eigenvalue weighted by molar-refractivity contribution is 7.99. The van der Waals surface area contributed by atoms with Crippen LogP contribution in [0.1, 0.15) is 31.4 Å². The van der Waals surface area contributed by atoms with Crippen molar-refractivity contribution in [1.29, 1.82) is 0 Å². The van der Waals surface area contributed by atoms with E-state index in [4.69, 9.17) is 16.6 Å². The molecule has 3 heterocycles. The molecule has 3 aromatic rings. The fraction of sp³-hybridized carbons (Fsp3) is 0.286. The number of hydrogen-bond acceptors (Lipinski definition) is 6. The topological polar surface area (TPSA) is 58.1 Å². The largest absolute Gasteiger partial charge is 0.343 e. The van der Waals surface area contributed by atoms with Gasteiger partial charge in [0.15, 0.2) is 5.13 Å². The molecule has 1 saturated heterocycles. The van der Waals surface area contributed by atoms with E-state index in [9.17, 15) is 4.79 Å². The van der Waals surface area contributed by atoms with E-state index in [1.807, 2.05) is 41.3 Å². The second kappa shape index (κ2) is 10.5. The van der Waals surface area contributed by atoms with Crippen LogP contribution in [0, 0.1) is 0 Å². The van der Waals surface area contributed by atoms with Crippen LogP contribution in [0.5, 0.6) is 0 Å². The van der Waals surface area contributed by atoms with Gasteiger partial charge in [0.2, 0.25) is 5.91 Å². The first-order valence-corrected chi connectivity index (χ1v) is 11.5. The summed E-state index contributed by atoms with van der Waals surface area (Å²) in [5.74, 6) is 1.33. The van der Waals surface area contributed by atoms with Crippen LogP contribution in [-0.4, -0.2) is 33.9 Å². The van der Waals surface area contributed by atoms with Crippen molar-refractivity contribution in [3.05, 3.63) is 58.7 Å². The van der Waals surface area contributed by atoms with Crippen LogP contribution in [0.2, 0.25) is 5.02 Å². The summed E-state index contributed by atoms with van der Waals surface area (Å²) in [5.41, 5.74) is 1.10. The molecule has 1 aliphatic rings. The van der Waals surface area contributed by atoms with E-state index in [2.05, 4.69) is 15.7 Å². The van der Waals surface area contributed by atoms with E-state index in [0.29, 0.717) is 5.92 Å². The zero-order chi connectivity index (χ0) is 20.2. The first kappa shape index (κ1) is 22.9. The van der Waals surface area contributed by atoms with Crippen molar-refractivity contribution in [1.82, 2.24) is 14.9 Å². The number of carbonyl (C=O) groups is 1. The summed E-state index contributed by atoms with van der Waals surface area (Å²) in [7, 11) is 0. The van der Waals surface area contributed by atoms with Gasteiger partial charge in [-0.25, -0.2) is 9.97 Å². The molecule has 0 spiro atoms. The molecule has 4 rings (SSSR count). The number of carbonyl (C=O) groups excluding carboxylic acids is 1. The highest BCUT2D eigenvalue weighted by atomic mass is 35.5. The highest BCUT2D eigenvalue weighted by Crippen LogP contribution is 2.35. The minimum absolute atomic E-state index is 0. The molecule has 2 aromatic heterocycles. The molecule has 158 valence electrons. The number of benzene rings is 1. The number of aromatic nitrogens is 2. The quantitative estimate of drug-likeness (QED) is 0.468. The number of anilines is 2. The number of hydrogen-bond donors (Lipinski definition) is 1. The van der Waals surface area contributed by atoms with Crippen molar-refractivity contribution in [2.75, 3.05) is 18.4 Å². The number of rotatable bonds is 5. The van der Waals surface area contributed by atoms with Gasteiger partial charge in [-0.05, 0) is 37.1 Å². The standard InChI is InChI=1S/C21H21ClN4OS2.ClH/c1-14(27)26-10-7-15(8-11-26)18-13-28-21(24-18)25-20-12-16(6-9-23-20)29-19-5-3-2-4-17(19)22;/h2-6,9,12-13,15H,7-8,10-11H2,1H3,(H,23,24,25);1H. The minimum Gasteiger partial charge on any atom is -0.343 e. The molecule has 0 unspecified atom stereocenters. The number of piperidine rings is 1. The number of likely N-dealkylation sites (tertiary alicyclic amines) is 1. The smallest absolute Gasteiger partial charge is 0.219 e. The molecule has 1 aliphatic heterocycles. The zero-order valence-corrected chi connectivity index (χ0v) is 19.6. The molecule has 1 N–H and O–H groups in total. The number of pyridine rings is 1. The Morgan fingerprint density at radius 3 is 2.77 bits per heavy atom. The molecular formula is C21H22Cl2N4OS2. The van der Waals surface area contributed by atoms with Crippen LogP contribution in [0.3, 0.4) is 0 Å². The van der Waals surface area contributed by atoms with Crippen molar-refractivity contribution in [2.45, 2.75) is 35.5 Å². The van der Waals surface area contributed by atoms with E-state index in [1.165, 1.54) is 0 Å². The SMILES string of the molecule is CC(=O)N1CCC(c2csc(Nc3cc(Sc4ccccc4Cl)ccn3)n2)CC1.Cl. The molecule has 5 nitrogen and oxygen atoms in total. The van der Waals surface area contributed by atoms with E-state index in [0.717, 1.165) is 57.4 Å². The van der Waals surface area contributed by atoms with E-state index < -0.39 is 0 Å². The predicted octanol–water partition coefficient (Wildman–Crippen LogP) is 6.23. The minimum atomic E-state index is 0. The van der Waals surface area contributed by atoms with Crippen LogP contribution in [-0.2, 0) is 4.79 Å². The molecule has 9 heteroatoms. The van der Waals surface area contributed by atoms with Crippen LogP contribution >= 0.6 is 47.1 Å². The summed E-state index contributed by atoms with van der Waals surface area (Å²) in [6, 6.07) is 11.8. The molecule has 1 amide bonds. The van der Waals surface area contributed by atoms with Crippen LogP contribution in [0.4, 0.5) is 10.9 Å². The maximum atomic E-state index is 11.5. The Hall–Kier alpha value is -1.80. The third kappa shape index (κ3) is 5.66. The summed E-state index contributed by atoms with van der Waals surface area (Å²) in [4.78, 5) is 24.7. The lowest BCUT2D eigenvalue weighted by Crippen LogP contribution is -2.36. The lowest BCUT2D eigenvalue weighted by Gasteiger charge is -2.30. The van der Waals surface area contributed by atoms with Crippen LogP contribution < -0.4 is 5.32 Å². The number of nitrogens with zero attached hydrogens (tertiary/aromatic N) is 3. The van der Waals surface area contributed by atoms with Crippen molar-refractivity contribution < 1.29 is 4.79 Å². The lowest BCUT2D eigenvalue weighted by atomic mass is 9.94. The van der Waals surface area contributed by atoms with Gasteiger partial charge in [0, 0.05) is 47.3 Å². The molecule has 0 saturated carbocycles. The monoisotopic (exact) mass is 480 g/mol. The summed E-state index contributed by atoms with van der Waals surface area (Å²) in [5, 5.41) is 7.00. The fourth-order valence-electron chi connectivity index (χ4n) is 3.33. The fourth-order valence-corrected chi connectivity index (χ4v) is 5.24. The lowest BCUT2D eigenvalue weighted by molar-refractivity contribution is -0.129. The van der Waals surface area contributed by atoms with Gasteiger partial charge in [0.05, 0.1) is 10.7 Å². The number of thiazole rings is 1. The summed E-state index contributed by atoms with van der Waals surface area (Å²) >= 11 is 9.46. The Balaban J connectivity index is 0.00000256. The maximum absolute atomic E-state index is 11.5. The maximum Gasteiger partial charge on any atom is 0.219 e. The Morgan fingerprint density at radius 2 is 2.03 bits per heavy atom. The molecular weight excluding hydrogens is 459 g/mol. The van der Waals surface area contributed by atoms with Crippen molar-refractivity contribution in [3.63, 3.8) is 0 Å². The number of halogens is 2. The molecule has 0 atom stereocenters. The zero-order valence-electron chi connectivity index (χ0n) is 16.4. The van der Waals surface area contributed by atoms with Crippen LogP contribution in [0.25, 0.3) is 0 Å². The Morgan fingerprint density at radius 1 is 1.27 bits per heavy atom. The average Bonchev–Trinajstić information content (AvgIpc) is 3.18. The summed E-state index contributed by atoms with van der Waals surface area (Å²) in [6.45, 7) is 3.25. The van der Waals surface area contributed by atoms with E-state index in [-0.39, 0.29) is 18.3 Å². The van der Waals surface area contributed by atoms with Gasteiger partial charge in [0.1, 0.15) is 5.82 Å². The van der Waals surface area contributed by atoms with Gasteiger partial charge in [0.25, 0.3) is 0 Å². The van der Waals surface area contributed by atoms with Crippen molar-refractivity contribution in [2.24, 2.45) is 0 Å². The predicted molar refractivity (Wildman–Crippen MR) is 127 cm³/mol. The van der Waals surface area contributed by atoms with E-state index >= 15 is 0 Å². The Bertz CT molecular complexity index is 1010. The van der Waals surface area contributed by atoms with E-state index in [1.54, 1.807) is 36.2 Å². The molecule has 0 aliphatic carbocycles. The molecule has 30 heavy (non-hydrogen) atoms. The first-order chi connectivity index (χ1) is 14.1. The molecule has 1 aromatic carbocycles.